The number of carbonyl (C=O) groups excluding carboxylic acids is 2. The third-order valence-electron chi connectivity index (χ3n) is 4.41. The summed E-state index contributed by atoms with van der Waals surface area (Å²) in [7, 11) is 0. The molecule has 25 heavy (non-hydrogen) atoms. The van der Waals surface area contributed by atoms with Crippen molar-refractivity contribution in [3.05, 3.63) is 65.7 Å². The molecule has 1 fully saturated rings. The van der Waals surface area contributed by atoms with E-state index in [0.29, 0.717) is 18.7 Å². The zero-order valence-corrected chi connectivity index (χ0v) is 14.5. The number of benzene rings is 2. The maximum absolute atomic E-state index is 12.6. The second-order valence-electron chi connectivity index (χ2n) is 6.54. The van der Waals surface area contributed by atoms with E-state index in [1.54, 1.807) is 17.0 Å². The number of urea groups is 1. The molecule has 0 aliphatic carbocycles. The van der Waals surface area contributed by atoms with E-state index in [9.17, 15) is 9.59 Å². The van der Waals surface area contributed by atoms with Crippen LogP contribution in [0, 0.1) is 5.92 Å². The van der Waals surface area contributed by atoms with Gasteiger partial charge in [-0.05, 0) is 35.7 Å². The molecule has 1 unspecified atom stereocenters. The van der Waals surface area contributed by atoms with Crippen LogP contribution in [0.25, 0.3) is 0 Å². The molecular weight excluding hydrogens is 314 g/mol. The third-order valence-corrected chi connectivity index (χ3v) is 4.41. The first-order valence-electron chi connectivity index (χ1n) is 8.57. The van der Waals surface area contributed by atoms with Crippen LogP contribution < -0.4 is 15.5 Å². The molecule has 0 aromatic heterocycles. The van der Waals surface area contributed by atoms with E-state index in [1.165, 1.54) is 0 Å². The maximum Gasteiger partial charge on any atom is 0.321 e. The minimum absolute atomic E-state index is 0.0438. The summed E-state index contributed by atoms with van der Waals surface area (Å²) in [5, 5.41) is 5.88. The van der Waals surface area contributed by atoms with Gasteiger partial charge in [0.2, 0.25) is 0 Å². The zero-order valence-electron chi connectivity index (χ0n) is 14.5. The van der Waals surface area contributed by atoms with Crippen LogP contribution in [0.2, 0.25) is 0 Å². The quantitative estimate of drug-likeness (QED) is 0.879. The number of nitrogens with one attached hydrogen (secondary N) is 2. The summed E-state index contributed by atoms with van der Waals surface area (Å²) in [5.74, 6) is 0.166. The van der Waals surface area contributed by atoms with Gasteiger partial charge in [-0.25, -0.2) is 4.79 Å². The standard InChI is InChI=1S/C20H23N3O2/c1-14(2)18(15-6-4-3-5-7-15)22-19(24)16-8-10-17(11-9-16)23-13-12-21-20(23)25/h3-11,14,18H,12-13H2,1-2H3,(H,21,25)(H,22,24). The number of rotatable bonds is 5. The second kappa shape index (κ2) is 7.38. The topological polar surface area (TPSA) is 61.4 Å². The fourth-order valence-electron chi connectivity index (χ4n) is 3.03. The number of anilines is 1. The van der Waals surface area contributed by atoms with Crippen molar-refractivity contribution in [1.82, 2.24) is 10.6 Å². The van der Waals surface area contributed by atoms with Gasteiger partial charge in [0, 0.05) is 24.3 Å². The van der Waals surface area contributed by atoms with Crippen molar-refractivity contribution in [2.24, 2.45) is 5.92 Å². The first kappa shape index (κ1) is 17.0. The third kappa shape index (κ3) is 3.82. The molecule has 3 amide bonds. The second-order valence-corrected chi connectivity index (χ2v) is 6.54. The summed E-state index contributed by atoms with van der Waals surface area (Å²) >= 11 is 0. The average molecular weight is 337 g/mol. The molecule has 1 atom stereocenters. The van der Waals surface area contributed by atoms with Crippen LogP contribution in [0.1, 0.15) is 35.8 Å². The molecule has 5 heteroatoms. The summed E-state index contributed by atoms with van der Waals surface area (Å²) in [6, 6.07) is 17.0. The van der Waals surface area contributed by atoms with Crippen LogP contribution in [0.15, 0.2) is 54.6 Å². The Morgan fingerprint density at radius 2 is 1.76 bits per heavy atom. The molecule has 1 aliphatic rings. The van der Waals surface area contributed by atoms with E-state index in [-0.39, 0.29) is 23.9 Å². The summed E-state index contributed by atoms with van der Waals surface area (Å²) in [6.45, 7) is 5.47. The highest BCUT2D eigenvalue weighted by Gasteiger charge is 2.22. The Morgan fingerprint density at radius 1 is 1.08 bits per heavy atom. The maximum atomic E-state index is 12.6. The van der Waals surface area contributed by atoms with Crippen LogP contribution >= 0.6 is 0 Å². The van der Waals surface area contributed by atoms with Crippen LogP contribution in [-0.4, -0.2) is 25.0 Å². The first-order valence-corrected chi connectivity index (χ1v) is 8.57. The Hall–Kier alpha value is -2.82. The molecule has 0 radical (unpaired) electrons. The van der Waals surface area contributed by atoms with Crippen molar-refractivity contribution >= 4 is 17.6 Å². The smallest absolute Gasteiger partial charge is 0.321 e. The summed E-state index contributed by atoms with van der Waals surface area (Å²) in [4.78, 5) is 26.0. The monoisotopic (exact) mass is 337 g/mol. The van der Waals surface area contributed by atoms with Crippen molar-refractivity contribution in [3.63, 3.8) is 0 Å². The van der Waals surface area contributed by atoms with Gasteiger partial charge >= 0.3 is 6.03 Å². The molecule has 3 rings (SSSR count). The van der Waals surface area contributed by atoms with Gasteiger partial charge in [0.15, 0.2) is 0 Å². The molecule has 2 aromatic rings. The lowest BCUT2D eigenvalue weighted by molar-refractivity contribution is 0.0925. The van der Waals surface area contributed by atoms with E-state index >= 15 is 0 Å². The van der Waals surface area contributed by atoms with Gasteiger partial charge in [-0.3, -0.25) is 9.69 Å². The highest BCUT2D eigenvalue weighted by molar-refractivity contribution is 5.97. The summed E-state index contributed by atoms with van der Waals surface area (Å²) in [6.07, 6.45) is 0. The van der Waals surface area contributed by atoms with Gasteiger partial charge in [-0.1, -0.05) is 44.2 Å². The average Bonchev–Trinajstić information content (AvgIpc) is 3.06. The Morgan fingerprint density at radius 3 is 2.32 bits per heavy atom. The largest absolute Gasteiger partial charge is 0.345 e. The number of carbonyl (C=O) groups is 2. The molecule has 0 spiro atoms. The van der Waals surface area contributed by atoms with E-state index in [1.807, 2.05) is 42.5 Å². The van der Waals surface area contributed by atoms with E-state index in [0.717, 1.165) is 11.3 Å². The number of hydrogen-bond donors (Lipinski definition) is 2. The van der Waals surface area contributed by atoms with Crippen molar-refractivity contribution in [3.8, 4) is 0 Å². The van der Waals surface area contributed by atoms with Crippen LogP contribution in [-0.2, 0) is 0 Å². The number of hydrogen-bond acceptors (Lipinski definition) is 2. The fraction of sp³-hybridized carbons (Fsp3) is 0.300. The Bertz CT molecular complexity index is 741. The predicted molar refractivity (Wildman–Crippen MR) is 98.7 cm³/mol. The van der Waals surface area contributed by atoms with Crippen molar-refractivity contribution < 1.29 is 9.59 Å². The fourth-order valence-corrected chi connectivity index (χ4v) is 3.03. The Balaban J connectivity index is 1.73. The molecule has 130 valence electrons. The van der Waals surface area contributed by atoms with Crippen LogP contribution in [0.5, 0.6) is 0 Å². The lowest BCUT2D eigenvalue weighted by Gasteiger charge is -2.23. The van der Waals surface area contributed by atoms with Gasteiger partial charge in [-0.2, -0.15) is 0 Å². The highest BCUT2D eigenvalue weighted by atomic mass is 16.2. The minimum atomic E-state index is -0.111. The number of amides is 3. The van der Waals surface area contributed by atoms with Crippen LogP contribution in [0.3, 0.4) is 0 Å². The van der Waals surface area contributed by atoms with Gasteiger partial charge in [0.25, 0.3) is 5.91 Å². The molecule has 5 nitrogen and oxygen atoms in total. The van der Waals surface area contributed by atoms with Gasteiger partial charge in [0.05, 0.1) is 6.04 Å². The predicted octanol–water partition coefficient (Wildman–Crippen LogP) is 3.34. The molecule has 1 saturated heterocycles. The molecule has 0 saturated carbocycles. The molecule has 1 heterocycles. The van der Waals surface area contributed by atoms with Gasteiger partial charge < -0.3 is 10.6 Å². The lowest BCUT2D eigenvalue weighted by Crippen LogP contribution is -2.32. The zero-order chi connectivity index (χ0) is 17.8. The minimum Gasteiger partial charge on any atom is -0.345 e. The number of nitrogens with zero attached hydrogens (tertiary/aromatic N) is 1. The van der Waals surface area contributed by atoms with Crippen molar-refractivity contribution in [1.29, 1.82) is 0 Å². The molecule has 2 aromatic carbocycles. The van der Waals surface area contributed by atoms with E-state index in [4.69, 9.17) is 0 Å². The summed E-state index contributed by atoms with van der Waals surface area (Å²) < 4.78 is 0. The Kier molecular flexibility index (Phi) is 5.03. The molecule has 2 N–H and O–H groups in total. The van der Waals surface area contributed by atoms with Gasteiger partial charge in [0.1, 0.15) is 0 Å². The highest BCUT2D eigenvalue weighted by Crippen LogP contribution is 2.23. The van der Waals surface area contributed by atoms with Crippen molar-refractivity contribution in [2.45, 2.75) is 19.9 Å². The Labute approximate surface area is 148 Å². The van der Waals surface area contributed by atoms with Crippen molar-refractivity contribution in [2.75, 3.05) is 18.0 Å². The molecule has 1 aliphatic heterocycles. The molecule has 0 bridgehead atoms. The van der Waals surface area contributed by atoms with Gasteiger partial charge in [-0.15, -0.1) is 0 Å². The normalized spacial score (nSPS) is 15.2. The SMILES string of the molecule is CC(C)C(NC(=O)c1ccc(N2CCNC2=O)cc1)c1ccccc1. The van der Waals surface area contributed by atoms with Crippen LogP contribution in [0.4, 0.5) is 10.5 Å². The lowest BCUT2D eigenvalue weighted by atomic mass is 9.95. The van der Waals surface area contributed by atoms with E-state index < -0.39 is 0 Å². The van der Waals surface area contributed by atoms with E-state index in [2.05, 4.69) is 24.5 Å². The summed E-state index contributed by atoms with van der Waals surface area (Å²) in [5.41, 5.74) is 2.48. The molecular formula is C20H23N3O2. The first-order chi connectivity index (χ1) is 12.1.